The number of carboxylic acids is 1. The number of ether oxygens (including phenoxy) is 2. The molecule has 1 heterocycles. The minimum Gasteiger partial charge on any atom is -0.493 e. The van der Waals surface area contributed by atoms with Crippen molar-refractivity contribution in [2.75, 3.05) is 12.0 Å². The zero-order chi connectivity index (χ0) is 21.5. The van der Waals surface area contributed by atoms with Crippen LogP contribution in [0.4, 0.5) is 11.4 Å². The van der Waals surface area contributed by atoms with Gasteiger partial charge in [-0.3, -0.25) is 0 Å². The molecule has 1 aromatic heterocycles. The maximum absolute atomic E-state index is 11.5. The molecule has 1 unspecified atom stereocenters. The highest BCUT2D eigenvalue weighted by molar-refractivity contribution is 5.89. The third-order valence-corrected chi connectivity index (χ3v) is 4.72. The highest BCUT2D eigenvalue weighted by Crippen LogP contribution is 2.36. The zero-order valence-corrected chi connectivity index (χ0v) is 17.3. The molecule has 7 nitrogen and oxygen atoms in total. The lowest BCUT2D eigenvalue weighted by Crippen LogP contribution is -2.18. The van der Waals surface area contributed by atoms with Gasteiger partial charge in [-0.25, -0.2) is 14.8 Å². The molecule has 0 amide bonds. The lowest BCUT2D eigenvalue weighted by Gasteiger charge is -2.26. The van der Waals surface area contributed by atoms with Gasteiger partial charge >= 0.3 is 5.97 Å². The van der Waals surface area contributed by atoms with Gasteiger partial charge in [0.15, 0.2) is 11.5 Å². The number of methoxy groups -OCH3 is 1. The number of aromatic carboxylic acids is 1. The predicted octanol–water partition coefficient (Wildman–Crippen LogP) is 4.70. The van der Waals surface area contributed by atoms with Gasteiger partial charge < -0.3 is 19.5 Å². The van der Waals surface area contributed by atoms with E-state index in [1.807, 2.05) is 36.1 Å². The second-order valence-corrected chi connectivity index (χ2v) is 6.86. The molecule has 156 valence electrons. The van der Waals surface area contributed by atoms with Gasteiger partial charge in [0.2, 0.25) is 0 Å². The van der Waals surface area contributed by atoms with Crippen molar-refractivity contribution in [1.29, 1.82) is 0 Å². The minimum atomic E-state index is -0.977. The third-order valence-electron chi connectivity index (χ3n) is 4.72. The van der Waals surface area contributed by atoms with Crippen LogP contribution in [0.15, 0.2) is 61.2 Å². The SMILES string of the molecule is CCC(C)Oc1cc(N(Cc2cncnc2)c2cccc(C(=O)O)c2)ccc1OC. The van der Waals surface area contributed by atoms with Gasteiger partial charge in [0, 0.05) is 35.4 Å². The standard InChI is InChI=1S/C23H25N3O4/c1-4-16(2)30-22-11-20(8-9-21(22)29-3)26(14-17-12-24-15-25-13-17)19-7-5-6-18(10-19)23(27)28/h5-13,15-16H,4,14H2,1-3H3,(H,27,28). The Morgan fingerprint density at radius 3 is 2.50 bits per heavy atom. The lowest BCUT2D eigenvalue weighted by atomic mass is 10.1. The molecule has 7 heteroatoms. The summed E-state index contributed by atoms with van der Waals surface area (Å²) in [7, 11) is 1.61. The summed E-state index contributed by atoms with van der Waals surface area (Å²) >= 11 is 0. The van der Waals surface area contributed by atoms with Crippen LogP contribution in [-0.2, 0) is 6.54 Å². The smallest absolute Gasteiger partial charge is 0.335 e. The van der Waals surface area contributed by atoms with Crippen LogP contribution in [0.25, 0.3) is 0 Å². The van der Waals surface area contributed by atoms with E-state index in [1.54, 1.807) is 37.7 Å². The summed E-state index contributed by atoms with van der Waals surface area (Å²) in [6, 6.07) is 12.5. The molecule has 3 aromatic rings. The van der Waals surface area contributed by atoms with Crippen molar-refractivity contribution in [1.82, 2.24) is 9.97 Å². The number of aromatic nitrogens is 2. The molecule has 30 heavy (non-hydrogen) atoms. The third kappa shape index (κ3) is 5.05. The first kappa shape index (κ1) is 21.1. The first-order chi connectivity index (χ1) is 14.5. The van der Waals surface area contributed by atoms with Gasteiger partial charge in [-0.1, -0.05) is 13.0 Å². The summed E-state index contributed by atoms with van der Waals surface area (Å²) in [4.78, 5) is 21.7. The van der Waals surface area contributed by atoms with E-state index in [2.05, 4.69) is 16.9 Å². The Kier molecular flexibility index (Phi) is 6.85. The van der Waals surface area contributed by atoms with Crippen LogP contribution in [0.2, 0.25) is 0 Å². The van der Waals surface area contributed by atoms with Crippen LogP contribution in [-0.4, -0.2) is 34.3 Å². The van der Waals surface area contributed by atoms with Crippen molar-refractivity contribution in [3.63, 3.8) is 0 Å². The van der Waals surface area contributed by atoms with Crippen LogP contribution in [0.3, 0.4) is 0 Å². The molecule has 0 radical (unpaired) electrons. The molecule has 0 saturated heterocycles. The Hall–Kier alpha value is -3.61. The topological polar surface area (TPSA) is 84.8 Å². The van der Waals surface area contributed by atoms with Crippen molar-refractivity contribution in [2.24, 2.45) is 0 Å². The normalized spacial score (nSPS) is 11.6. The van der Waals surface area contributed by atoms with E-state index in [1.165, 1.54) is 6.33 Å². The summed E-state index contributed by atoms with van der Waals surface area (Å²) in [6.45, 7) is 4.51. The van der Waals surface area contributed by atoms with Crippen LogP contribution in [0.5, 0.6) is 11.5 Å². The van der Waals surface area contributed by atoms with Gasteiger partial charge in [0.05, 0.1) is 25.3 Å². The Bertz CT molecular complexity index is 995. The molecule has 0 aliphatic carbocycles. The molecular formula is C23H25N3O4. The second kappa shape index (κ2) is 9.73. The number of anilines is 2. The number of hydrogen-bond donors (Lipinski definition) is 1. The van der Waals surface area contributed by atoms with E-state index < -0.39 is 5.97 Å². The molecule has 0 bridgehead atoms. The molecular weight excluding hydrogens is 382 g/mol. The van der Waals surface area contributed by atoms with E-state index >= 15 is 0 Å². The van der Waals surface area contributed by atoms with Crippen LogP contribution in [0.1, 0.15) is 36.2 Å². The average Bonchev–Trinajstić information content (AvgIpc) is 2.78. The summed E-state index contributed by atoms with van der Waals surface area (Å²) in [5.41, 5.74) is 2.67. The van der Waals surface area contributed by atoms with Crippen LogP contribution in [0, 0.1) is 0 Å². The van der Waals surface area contributed by atoms with Gasteiger partial charge in [0.1, 0.15) is 6.33 Å². The largest absolute Gasteiger partial charge is 0.493 e. The van der Waals surface area contributed by atoms with Crippen LogP contribution < -0.4 is 14.4 Å². The quantitative estimate of drug-likeness (QED) is 0.550. The van der Waals surface area contributed by atoms with Crippen molar-refractivity contribution in [3.8, 4) is 11.5 Å². The van der Waals surface area contributed by atoms with E-state index in [4.69, 9.17) is 9.47 Å². The van der Waals surface area contributed by atoms with E-state index in [0.717, 1.165) is 23.4 Å². The molecule has 0 aliphatic heterocycles. The number of nitrogens with zero attached hydrogens (tertiary/aromatic N) is 3. The van der Waals surface area contributed by atoms with E-state index in [9.17, 15) is 9.90 Å². The number of benzene rings is 2. The summed E-state index contributed by atoms with van der Waals surface area (Å²) < 4.78 is 11.5. The maximum Gasteiger partial charge on any atom is 0.335 e. The molecule has 2 aromatic carbocycles. The molecule has 1 atom stereocenters. The van der Waals surface area contributed by atoms with Crippen molar-refractivity contribution in [3.05, 3.63) is 72.3 Å². The van der Waals surface area contributed by atoms with E-state index in [-0.39, 0.29) is 11.7 Å². The fourth-order valence-corrected chi connectivity index (χ4v) is 2.96. The highest BCUT2D eigenvalue weighted by atomic mass is 16.5. The molecule has 0 saturated carbocycles. The Balaban J connectivity index is 2.06. The number of carboxylic acid groups (broad SMARTS) is 1. The van der Waals surface area contributed by atoms with Gasteiger partial charge in [-0.2, -0.15) is 0 Å². The molecule has 3 rings (SSSR count). The fraction of sp³-hybridized carbons (Fsp3) is 0.261. The minimum absolute atomic E-state index is 0.0282. The van der Waals surface area contributed by atoms with Crippen molar-refractivity contribution < 1.29 is 19.4 Å². The Morgan fingerprint density at radius 2 is 1.83 bits per heavy atom. The number of rotatable bonds is 9. The monoisotopic (exact) mass is 407 g/mol. The van der Waals surface area contributed by atoms with Gasteiger partial charge in [-0.05, 0) is 43.7 Å². The zero-order valence-electron chi connectivity index (χ0n) is 17.3. The molecule has 0 spiro atoms. The molecule has 0 fully saturated rings. The molecule has 1 N–H and O–H groups in total. The predicted molar refractivity (Wildman–Crippen MR) is 115 cm³/mol. The number of carbonyl (C=O) groups is 1. The second-order valence-electron chi connectivity index (χ2n) is 6.86. The average molecular weight is 407 g/mol. The first-order valence-corrected chi connectivity index (χ1v) is 9.71. The summed E-state index contributed by atoms with van der Waals surface area (Å²) in [5.74, 6) is 0.296. The summed E-state index contributed by atoms with van der Waals surface area (Å²) in [6.07, 6.45) is 5.84. The van der Waals surface area contributed by atoms with E-state index in [0.29, 0.717) is 18.0 Å². The fourth-order valence-electron chi connectivity index (χ4n) is 2.96. The Labute approximate surface area is 175 Å². The van der Waals surface area contributed by atoms with Gasteiger partial charge in [-0.15, -0.1) is 0 Å². The Morgan fingerprint density at radius 1 is 1.10 bits per heavy atom. The maximum atomic E-state index is 11.5. The molecule has 0 aliphatic rings. The summed E-state index contributed by atoms with van der Waals surface area (Å²) in [5, 5.41) is 9.41. The van der Waals surface area contributed by atoms with Gasteiger partial charge in [0.25, 0.3) is 0 Å². The first-order valence-electron chi connectivity index (χ1n) is 9.71. The number of hydrogen-bond acceptors (Lipinski definition) is 6. The van der Waals surface area contributed by atoms with Crippen LogP contribution >= 0.6 is 0 Å². The van der Waals surface area contributed by atoms with Crippen molar-refractivity contribution >= 4 is 17.3 Å². The lowest BCUT2D eigenvalue weighted by molar-refractivity contribution is 0.0697. The van der Waals surface area contributed by atoms with Crippen molar-refractivity contribution in [2.45, 2.75) is 32.9 Å². The highest BCUT2D eigenvalue weighted by Gasteiger charge is 2.17.